The van der Waals surface area contributed by atoms with Crippen LogP contribution in [0.5, 0.6) is 5.75 Å². The van der Waals surface area contributed by atoms with Gasteiger partial charge >= 0.3 is 11.9 Å². The number of aromatic nitrogens is 1. The van der Waals surface area contributed by atoms with Crippen molar-refractivity contribution < 1.29 is 33.0 Å². The number of carbonyl (C=O) groups is 2. The number of hydrogen-bond acceptors (Lipinski definition) is 9. The van der Waals surface area contributed by atoms with Crippen molar-refractivity contribution in [2.75, 3.05) is 26.4 Å². The number of benzene rings is 2. The van der Waals surface area contributed by atoms with Gasteiger partial charge in [-0.1, -0.05) is 129 Å². The maximum Gasteiger partial charge on any atom is 0.311 e. The molecule has 0 radical (unpaired) electrons. The minimum absolute atomic E-state index is 0.0551. The highest BCUT2D eigenvalue weighted by Crippen LogP contribution is 2.28. The van der Waals surface area contributed by atoms with Crippen molar-refractivity contribution in [1.82, 2.24) is 4.98 Å². The number of ether oxygens (including phenoxy) is 4. The first-order valence-electron chi connectivity index (χ1n) is 21.3. The molecule has 1 aromatic rings. The second-order valence-corrected chi connectivity index (χ2v) is 14.8. The molecule has 0 spiro atoms. The Morgan fingerprint density at radius 1 is 0.667 bits per heavy atom. The van der Waals surface area contributed by atoms with Crippen molar-refractivity contribution >= 4 is 23.0 Å². The number of carbonyl (C=O) groups excluding carboxylic acids is 2. The summed E-state index contributed by atoms with van der Waals surface area (Å²) in [4.78, 5) is 41.8. The lowest BCUT2D eigenvalue weighted by Crippen LogP contribution is -2.28. The first-order chi connectivity index (χ1) is 26.4. The summed E-state index contributed by atoms with van der Waals surface area (Å²) >= 11 is 0. The molecule has 3 rings (SSSR count). The molecular weight excluding hydrogens is 682 g/mol. The van der Waals surface area contributed by atoms with E-state index < -0.39 is 5.97 Å². The van der Waals surface area contributed by atoms with E-state index in [9.17, 15) is 14.4 Å². The number of esters is 2. The fourth-order valence-corrected chi connectivity index (χ4v) is 6.56. The Bertz CT molecular complexity index is 1490. The molecule has 0 bridgehead atoms. The largest absolute Gasteiger partial charge is 0.463 e. The van der Waals surface area contributed by atoms with Gasteiger partial charge in [-0.05, 0) is 50.5 Å². The van der Waals surface area contributed by atoms with Crippen LogP contribution in [-0.2, 0) is 23.8 Å². The quantitative estimate of drug-likeness (QED) is 0.0266. The van der Waals surface area contributed by atoms with Crippen LogP contribution in [0.2, 0.25) is 0 Å². The Hall–Kier alpha value is -3.30. The van der Waals surface area contributed by atoms with E-state index in [2.05, 4.69) is 18.8 Å². The number of rotatable bonds is 32. The van der Waals surface area contributed by atoms with E-state index >= 15 is 0 Å². The topological polar surface area (TPSA) is 114 Å². The molecule has 1 atom stereocenters. The molecule has 1 aliphatic carbocycles. The third-order valence-electron chi connectivity index (χ3n) is 9.94. The van der Waals surface area contributed by atoms with Gasteiger partial charge < -0.3 is 23.4 Å². The van der Waals surface area contributed by atoms with Gasteiger partial charge in [-0.2, -0.15) is 0 Å². The van der Waals surface area contributed by atoms with Gasteiger partial charge in [-0.15, -0.1) is 0 Å². The molecule has 0 saturated carbocycles. The third-order valence-corrected chi connectivity index (χ3v) is 9.94. The Kier molecular flexibility index (Phi) is 23.5. The van der Waals surface area contributed by atoms with Gasteiger partial charge in [-0.3, -0.25) is 14.4 Å². The highest BCUT2D eigenvalue weighted by atomic mass is 16.6. The summed E-state index contributed by atoms with van der Waals surface area (Å²) in [6, 6.07) is 8.03. The van der Waals surface area contributed by atoms with Crippen LogP contribution in [0.15, 0.2) is 39.5 Å². The molecule has 0 aromatic heterocycles. The predicted molar refractivity (Wildman–Crippen MR) is 216 cm³/mol. The predicted octanol–water partition coefficient (Wildman–Crippen LogP) is 11.5. The van der Waals surface area contributed by atoms with Crippen LogP contribution in [0, 0.1) is 6.92 Å². The average Bonchev–Trinajstić information content (AvgIpc) is 3.17. The normalized spacial score (nSPS) is 12.1. The summed E-state index contributed by atoms with van der Waals surface area (Å²) in [5.41, 5.74) is 1.91. The molecular formula is C45H69NO8. The summed E-state index contributed by atoms with van der Waals surface area (Å²) in [5.74, 6) is -0.132. The summed E-state index contributed by atoms with van der Waals surface area (Å²) < 4.78 is 29.1. The SMILES string of the molecule is CCCCCCCCCCCCOC[C@@H](COC(=O)CCCC(=O)Oc1ccc2nc3ccc(=O)c(C)c-3oc2c1)OCCCCCCCCCCCC. The van der Waals surface area contributed by atoms with Gasteiger partial charge in [0.25, 0.3) is 0 Å². The minimum atomic E-state index is -0.466. The summed E-state index contributed by atoms with van der Waals surface area (Å²) in [7, 11) is 0. The molecule has 9 heteroatoms. The molecule has 0 fully saturated rings. The van der Waals surface area contributed by atoms with E-state index in [0.29, 0.717) is 60.1 Å². The summed E-state index contributed by atoms with van der Waals surface area (Å²) in [5, 5.41) is 0. The van der Waals surface area contributed by atoms with Crippen LogP contribution in [0.1, 0.15) is 167 Å². The monoisotopic (exact) mass is 752 g/mol. The zero-order chi connectivity index (χ0) is 38.6. The number of unbranched alkanes of at least 4 members (excludes halogenated alkanes) is 18. The van der Waals surface area contributed by atoms with Gasteiger partial charge in [0.05, 0.1) is 6.61 Å². The first-order valence-corrected chi connectivity index (χ1v) is 21.3. The number of nitrogens with zero attached hydrogens (tertiary/aromatic N) is 1. The molecule has 2 aliphatic rings. The van der Waals surface area contributed by atoms with E-state index in [-0.39, 0.29) is 37.0 Å². The van der Waals surface area contributed by atoms with Crippen LogP contribution in [0.4, 0.5) is 0 Å². The highest BCUT2D eigenvalue weighted by Gasteiger charge is 2.17. The van der Waals surface area contributed by atoms with Crippen molar-refractivity contribution in [3.8, 4) is 17.2 Å². The second-order valence-electron chi connectivity index (χ2n) is 14.8. The zero-order valence-electron chi connectivity index (χ0n) is 33.8. The molecule has 54 heavy (non-hydrogen) atoms. The maximum atomic E-state index is 12.6. The smallest absolute Gasteiger partial charge is 0.311 e. The molecule has 0 saturated heterocycles. The Morgan fingerprint density at radius 3 is 1.87 bits per heavy atom. The Balaban J connectivity index is 1.34. The molecule has 0 N–H and O–H groups in total. The summed E-state index contributed by atoms with van der Waals surface area (Å²) in [6.45, 7) is 8.04. The van der Waals surface area contributed by atoms with E-state index in [1.54, 1.807) is 31.2 Å². The molecule has 0 amide bonds. The van der Waals surface area contributed by atoms with E-state index in [0.717, 1.165) is 19.3 Å². The van der Waals surface area contributed by atoms with Crippen molar-refractivity contribution in [1.29, 1.82) is 0 Å². The Labute approximate surface area is 324 Å². The second kappa shape index (κ2) is 28.2. The number of fused-ring (bicyclic) bond motifs is 2. The van der Waals surface area contributed by atoms with Gasteiger partial charge in [0.15, 0.2) is 16.8 Å². The highest BCUT2D eigenvalue weighted by molar-refractivity contribution is 5.80. The lowest BCUT2D eigenvalue weighted by molar-refractivity contribution is -0.150. The minimum Gasteiger partial charge on any atom is -0.463 e. The molecule has 1 heterocycles. The summed E-state index contributed by atoms with van der Waals surface area (Å²) in [6.07, 6.45) is 25.6. The van der Waals surface area contributed by atoms with E-state index in [4.69, 9.17) is 23.4 Å². The molecule has 9 nitrogen and oxygen atoms in total. The van der Waals surface area contributed by atoms with Gasteiger partial charge in [0.2, 0.25) is 0 Å². The van der Waals surface area contributed by atoms with Crippen LogP contribution in [0.3, 0.4) is 0 Å². The lowest BCUT2D eigenvalue weighted by Gasteiger charge is -2.18. The first kappa shape index (κ1) is 45.1. The number of hydrogen-bond donors (Lipinski definition) is 0. The van der Waals surface area contributed by atoms with Crippen LogP contribution in [0.25, 0.3) is 22.6 Å². The average molecular weight is 752 g/mol. The van der Waals surface area contributed by atoms with Crippen molar-refractivity contribution in [2.45, 2.75) is 175 Å². The fraction of sp³-hybridized carbons (Fsp3) is 0.689. The standard InChI is InChI=1S/C45H69NO8/c1-4-6-8-10-12-14-16-18-20-22-31-50-34-38(51-32-23-21-19-17-15-13-11-9-7-5-2)35-52-43(48)25-24-26-44(49)53-37-27-28-39-42(33-37)54-45-36(3)41(47)30-29-40(45)46-39/h27-30,33,38H,4-26,31-32,34-35H2,1-3H3/t38-/m0/s1. The van der Waals surface area contributed by atoms with Crippen molar-refractivity contribution in [2.24, 2.45) is 0 Å². The molecule has 1 aliphatic heterocycles. The van der Waals surface area contributed by atoms with Gasteiger partial charge in [0.1, 0.15) is 29.7 Å². The van der Waals surface area contributed by atoms with Crippen LogP contribution in [-0.4, -0.2) is 49.5 Å². The van der Waals surface area contributed by atoms with Crippen LogP contribution >= 0.6 is 0 Å². The van der Waals surface area contributed by atoms with E-state index in [1.165, 1.54) is 115 Å². The molecule has 0 unspecified atom stereocenters. The maximum absolute atomic E-state index is 12.6. The molecule has 1 aromatic carbocycles. The third kappa shape index (κ3) is 18.8. The zero-order valence-corrected chi connectivity index (χ0v) is 33.8. The van der Waals surface area contributed by atoms with Crippen molar-refractivity contribution in [3.63, 3.8) is 0 Å². The lowest BCUT2D eigenvalue weighted by atomic mass is 10.1. The van der Waals surface area contributed by atoms with E-state index in [1.807, 2.05) is 0 Å². The fourth-order valence-electron chi connectivity index (χ4n) is 6.56. The van der Waals surface area contributed by atoms with Crippen LogP contribution < -0.4 is 10.2 Å². The van der Waals surface area contributed by atoms with Gasteiger partial charge in [-0.25, -0.2) is 4.98 Å². The Morgan fingerprint density at radius 2 is 1.24 bits per heavy atom. The van der Waals surface area contributed by atoms with Crippen molar-refractivity contribution in [3.05, 3.63) is 46.1 Å². The van der Waals surface area contributed by atoms with Gasteiger partial charge in [0, 0.05) is 37.7 Å². The molecule has 302 valence electrons.